The van der Waals surface area contributed by atoms with Gasteiger partial charge in [0.2, 0.25) is 5.88 Å². The Morgan fingerprint density at radius 1 is 1.18 bits per heavy atom. The Balaban J connectivity index is 0.00000392. The average Bonchev–Trinajstić information content (AvgIpc) is 2.69. The average molecular weight is 498 g/mol. The van der Waals surface area contributed by atoms with Gasteiger partial charge in [0.25, 0.3) is 0 Å². The first-order valence-electron chi connectivity index (χ1n) is 9.26. The lowest BCUT2D eigenvalue weighted by Crippen LogP contribution is -2.36. The van der Waals surface area contributed by atoms with Crippen LogP contribution in [0.1, 0.15) is 37.0 Å². The molecule has 0 aliphatic rings. The smallest absolute Gasteiger partial charge is 0.218 e. The number of pyridine rings is 1. The van der Waals surface area contributed by atoms with Gasteiger partial charge in [-0.2, -0.15) is 0 Å². The monoisotopic (exact) mass is 498 g/mol. The number of methoxy groups -OCH3 is 1. The highest BCUT2D eigenvalue weighted by Crippen LogP contribution is 2.22. The van der Waals surface area contributed by atoms with Gasteiger partial charge in [0.05, 0.1) is 13.2 Å². The first-order valence-corrected chi connectivity index (χ1v) is 9.26. The number of aliphatic imine (C=N–C) groups is 1. The molecule has 1 atom stereocenters. The molecule has 0 radical (unpaired) electrons. The third kappa shape index (κ3) is 7.18. The van der Waals surface area contributed by atoms with Crippen LogP contribution in [0, 0.1) is 6.92 Å². The molecule has 1 aromatic heterocycles. The van der Waals surface area contributed by atoms with Gasteiger partial charge >= 0.3 is 0 Å². The van der Waals surface area contributed by atoms with Gasteiger partial charge in [-0.25, -0.2) is 4.98 Å². The first-order chi connectivity index (χ1) is 13.1. The lowest BCUT2D eigenvalue weighted by atomic mass is 10.1. The quantitative estimate of drug-likeness (QED) is 0.327. The van der Waals surface area contributed by atoms with Crippen molar-refractivity contribution in [3.05, 3.63) is 53.2 Å². The zero-order valence-corrected chi connectivity index (χ0v) is 19.6. The van der Waals surface area contributed by atoms with E-state index in [1.165, 1.54) is 5.56 Å². The number of aromatic nitrogens is 1. The fourth-order valence-electron chi connectivity index (χ4n) is 2.54. The van der Waals surface area contributed by atoms with Crippen molar-refractivity contribution in [1.82, 2.24) is 15.6 Å². The van der Waals surface area contributed by atoms with Gasteiger partial charge in [0, 0.05) is 37.5 Å². The molecule has 0 spiro atoms. The van der Waals surface area contributed by atoms with Crippen LogP contribution in [0.25, 0.3) is 0 Å². The molecule has 1 unspecified atom stereocenters. The Morgan fingerprint density at radius 3 is 2.54 bits per heavy atom. The van der Waals surface area contributed by atoms with E-state index in [0.717, 1.165) is 23.3 Å². The maximum atomic E-state index is 6.08. The van der Waals surface area contributed by atoms with E-state index in [1.807, 2.05) is 12.1 Å². The van der Waals surface area contributed by atoms with Crippen LogP contribution >= 0.6 is 24.0 Å². The van der Waals surface area contributed by atoms with Crippen molar-refractivity contribution >= 4 is 29.9 Å². The molecule has 0 saturated carbocycles. The van der Waals surface area contributed by atoms with Crippen LogP contribution in [0.15, 0.2) is 41.5 Å². The standard InChI is InChI=1S/C21H30N4O2.HI/c1-6-16(3)27-19-12-15(2)9-10-17(19)13-24-21(22-4)25-14-18-8-7-11-23-20(18)26-5;/h7-12,16H,6,13-14H2,1-5H3,(H2,22,24,25);1H. The van der Waals surface area contributed by atoms with Crippen LogP contribution in [0.3, 0.4) is 0 Å². The molecule has 2 rings (SSSR count). The van der Waals surface area contributed by atoms with Gasteiger partial charge in [-0.05, 0) is 38.0 Å². The molecule has 1 heterocycles. The molecule has 7 heteroatoms. The number of rotatable bonds is 8. The highest BCUT2D eigenvalue weighted by Gasteiger charge is 2.09. The Labute approximate surface area is 185 Å². The second kappa shape index (κ2) is 12.4. The van der Waals surface area contributed by atoms with E-state index in [0.29, 0.717) is 24.9 Å². The predicted molar refractivity (Wildman–Crippen MR) is 125 cm³/mol. The van der Waals surface area contributed by atoms with E-state index in [2.05, 4.69) is 59.6 Å². The molecule has 0 bridgehead atoms. The maximum Gasteiger partial charge on any atom is 0.218 e. The third-order valence-electron chi connectivity index (χ3n) is 4.29. The Morgan fingerprint density at radius 2 is 1.89 bits per heavy atom. The Hall–Kier alpha value is -2.03. The van der Waals surface area contributed by atoms with Crippen LogP contribution in [0.5, 0.6) is 11.6 Å². The number of benzene rings is 1. The minimum Gasteiger partial charge on any atom is -0.490 e. The lowest BCUT2D eigenvalue weighted by Gasteiger charge is -2.18. The van der Waals surface area contributed by atoms with Crippen molar-refractivity contribution in [2.75, 3.05) is 14.2 Å². The summed E-state index contributed by atoms with van der Waals surface area (Å²) in [5, 5.41) is 6.63. The summed E-state index contributed by atoms with van der Waals surface area (Å²) < 4.78 is 11.4. The number of hydrogen-bond acceptors (Lipinski definition) is 4. The summed E-state index contributed by atoms with van der Waals surface area (Å²) in [6, 6.07) is 10.1. The van der Waals surface area contributed by atoms with Crippen LogP contribution < -0.4 is 20.1 Å². The first kappa shape index (κ1) is 24.0. The number of guanidine groups is 1. The summed E-state index contributed by atoms with van der Waals surface area (Å²) in [6.07, 6.45) is 2.86. The molecule has 1 aromatic carbocycles. The summed E-state index contributed by atoms with van der Waals surface area (Å²) in [5.74, 6) is 2.24. The second-order valence-corrected chi connectivity index (χ2v) is 6.40. The number of aryl methyl sites for hydroxylation is 1. The molecule has 6 nitrogen and oxygen atoms in total. The molecule has 2 N–H and O–H groups in total. The Kier molecular flexibility index (Phi) is 10.7. The van der Waals surface area contributed by atoms with E-state index in [9.17, 15) is 0 Å². The van der Waals surface area contributed by atoms with Gasteiger partial charge < -0.3 is 20.1 Å². The molecule has 0 amide bonds. The topological polar surface area (TPSA) is 67.8 Å². The van der Waals surface area contributed by atoms with Crippen LogP contribution in [-0.4, -0.2) is 31.2 Å². The van der Waals surface area contributed by atoms with Crippen molar-refractivity contribution in [1.29, 1.82) is 0 Å². The van der Waals surface area contributed by atoms with Crippen molar-refractivity contribution in [3.8, 4) is 11.6 Å². The molecule has 0 aliphatic heterocycles. The number of nitrogens with one attached hydrogen (secondary N) is 2. The summed E-state index contributed by atoms with van der Waals surface area (Å²) >= 11 is 0. The van der Waals surface area contributed by atoms with Crippen molar-refractivity contribution < 1.29 is 9.47 Å². The van der Waals surface area contributed by atoms with Gasteiger partial charge in [0.1, 0.15) is 5.75 Å². The summed E-state index contributed by atoms with van der Waals surface area (Å²) in [7, 11) is 3.37. The molecule has 0 fully saturated rings. The molecule has 28 heavy (non-hydrogen) atoms. The SMILES string of the molecule is CCC(C)Oc1cc(C)ccc1CNC(=NC)NCc1cccnc1OC.I. The van der Waals surface area contributed by atoms with E-state index < -0.39 is 0 Å². The molecular formula is C21H31IN4O2. The molecule has 2 aromatic rings. The number of hydrogen-bond donors (Lipinski definition) is 2. The van der Waals surface area contributed by atoms with Gasteiger partial charge in [-0.3, -0.25) is 4.99 Å². The van der Waals surface area contributed by atoms with E-state index >= 15 is 0 Å². The van der Waals surface area contributed by atoms with Crippen molar-refractivity contribution in [3.63, 3.8) is 0 Å². The molecule has 0 aliphatic carbocycles. The normalized spacial score (nSPS) is 12.0. The zero-order chi connectivity index (χ0) is 19.6. The van der Waals surface area contributed by atoms with Crippen molar-refractivity contribution in [2.45, 2.75) is 46.4 Å². The summed E-state index contributed by atoms with van der Waals surface area (Å²) in [6.45, 7) is 7.47. The third-order valence-corrected chi connectivity index (χ3v) is 4.29. The second-order valence-electron chi connectivity index (χ2n) is 6.40. The lowest BCUT2D eigenvalue weighted by molar-refractivity contribution is 0.215. The van der Waals surface area contributed by atoms with E-state index in [1.54, 1.807) is 20.4 Å². The number of halogens is 1. The fourth-order valence-corrected chi connectivity index (χ4v) is 2.54. The molecule has 0 saturated heterocycles. The van der Waals surface area contributed by atoms with Crippen LogP contribution in [0.4, 0.5) is 0 Å². The highest BCUT2D eigenvalue weighted by atomic mass is 127. The minimum absolute atomic E-state index is 0. The zero-order valence-electron chi connectivity index (χ0n) is 17.3. The number of nitrogens with zero attached hydrogens (tertiary/aromatic N) is 2. The van der Waals surface area contributed by atoms with Crippen molar-refractivity contribution in [2.24, 2.45) is 4.99 Å². The fraction of sp³-hybridized carbons (Fsp3) is 0.429. The summed E-state index contributed by atoms with van der Waals surface area (Å²) in [4.78, 5) is 8.50. The molecular weight excluding hydrogens is 467 g/mol. The largest absolute Gasteiger partial charge is 0.490 e. The van der Waals surface area contributed by atoms with E-state index in [4.69, 9.17) is 9.47 Å². The van der Waals surface area contributed by atoms with Gasteiger partial charge in [-0.1, -0.05) is 25.1 Å². The van der Waals surface area contributed by atoms with Gasteiger partial charge in [-0.15, -0.1) is 24.0 Å². The maximum absolute atomic E-state index is 6.08. The predicted octanol–water partition coefficient (Wildman–Crippen LogP) is 4.06. The summed E-state index contributed by atoms with van der Waals surface area (Å²) in [5.41, 5.74) is 3.25. The van der Waals surface area contributed by atoms with E-state index in [-0.39, 0.29) is 30.1 Å². The number of ether oxygens (including phenoxy) is 2. The molecule has 154 valence electrons. The highest BCUT2D eigenvalue weighted by molar-refractivity contribution is 14.0. The minimum atomic E-state index is 0. The van der Waals surface area contributed by atoms with Crippen LogP contribution in [-0.2, 0) is 13.1 Å². The Bertz CT molecular complexity index is 768. The van der Waals surface area contributed by atoms with Gasteiger partial charge in [0.15, 0.2) is 5.96 Å². The van der Waals surface area contributed by atoms with Crippen LogP contribution in [0.2, 0.25) is 0 Å².